The zero-order chi connectivity index (χ0) is 24.2. The Labute approximate surface area is 209 Å². The van der Waals surface area contributed by atoms with Gasteiger partial charge in [0.2, 0.25) is 0 Å². The summed E-state index contributed by atoms with van der Waals surface area (Å²) in [5.41, 5.74) is 2.48. The van der Waals surface area contributed by atoms with Crippen molar-refractivity contribution in [3.63, 3.8) is 0 Å². The lowest BCUT2D eigenvalue weighted by Gasteiger charge is -2.58. The highest BCUT2D eigenvalue weighted by atomic mass is 35.5. The number of allylic oxidation sites excluding steroid dienone is 1. The Hall–Kier alpha value is -0.500. The first-order chi connectivity index (χ1) is 15.8. The number of rotatable bonds is 7. The molecule has 2 nitrogen and oxygen atoms in total. The highest BCUT2D eigenvalue weighted by molar-refractivity contribution is 6.26. The van der Waals surface area contributed by atoms with Crippen LogP contribution in [-0.2, 0) is 9.53 Å². The van der Waals surface area contributed by atoms with E-state index in [1.807, 2.05) is 13.8 Å². The van der Waals surface area contributed by atoms with Gasteiger partial charge in [-0.3, -0.25) is 4.79 Å². The average Bonchev–Trinajstić information content (AvgIpc) is 3.14. The molecule has 0 aromatic heterocycles. The normalized spacial score (nSPS) is 39.5. The molecule has 0 aromatic carbocycles. The standard InChI is InChI=1S/C28H45ClO2.C2H6/c1-19(2)7-5-6-8-20-10-12-24-23-11-9-21-17-22(31-26(30)18-29)13-15-28(21,4)25(23)14-16-27(20,24)3;1-2/h9,19-20,22-25H,5-8,10-18H2,1-4H3;1-2H3. The summed E-state index contributed by atoms with van der Waals surface area (Å²) in [6.45, 7) is 13.9. The smallest absolute Gasteiger partial charge is 0.321 e. The molecule has 0 heterocycles. The Kier molecular flexibility index (Phi) is 9.43. The van der Waals surface area contributed by atoms with Crippen molar-refractivity contribution in [3.05, 3.63) is 11.6 Å². The summed E-state index contributed by atoms with van der Waals surface area (Å²) in [5.74, 6) is 4.13. The van der Waals surface area contributed by atoms with Crippen molar-refractivity contribution in [1.29, 1.82) is 0 Å². The van der Waals surface area contributed by atoms with Crippen LogP contribution in [0.25, 0.3) is 0 Å². The molecule has 0 bridgehead atoms. The number of esters is 1. The minimum atomic E-state index is -0.261. The second kappa shape index (κ2) is 11.5. The lowest BCUT2D eigenvalue weighted by Crippen LogP contribution is -2.50. The van der Waals surface area contributed by atoms with Gasteiger partial charge in [-0.1, -0.05) is 72.5 Å². The van der Waals surface area contributed by atoms with Gasteiger partial charge in [0.25, 0.3) is 0 Å². The third-order valence-corrected chi connectivity index (χ3v) is 10.5. The molecular formula is C30H51ClO2. The number of hydrogen-bond acceptors (Lipinski definition) is 2. The molecule has 0 spiro atoms. The predicted octanol–water partition coefficient (Wildman–Crippen LogP) is 8.96. The molecule has 3 heteroatoms. The zero-order valence-electron chi connectivity index (χ0n) is 22.4. The molecule has 3 saturated carbocycles. The molecule has 0 N–H and O–H groups in total. The van der Waals surface area contributed by atoms with Crippen molar-refractivity contribution >= 4 is 17.6 Å². The number of ether oxygens (including phenoxy) is 1. The van der Waals surface area contributed by atoms with Gasteiger partial charge in [-0.15, -0.1) is 11.6 Å². The summed E-state index contributed by atoms with van der Waals surface area (Å²) in [7, 11) is 0. The first kappa shape index (κ1) is 27.1. The van der Waals surface area contributed by atoms with Crippen molar-refractivity contribution in [2.24, 2.45) is 40.4 Å². The highest BCUT2D eigenvalue weighted by Gasteiger charge is 2.58. The van der Waals surface area contributed by atoms with E-state index in [9.17, 15) is 4.79 Å². The van der Waals surface area contributed by atoms with Crippen LogP contribution in [0.4, 0.5) is 0 Å². The van der Waals surface area contributed by atoms with Crippen LogP contribution >= 0.6 is 11.6 Å². The van der Waals surface area contributed by atoms with Gasteiger partial charge in [-0.05, 0) is 91.8 Å². The molecular weight excluding hydrogens is 428 g/mol. The number of carbonyl (C=O) groups excluding carboxylic acids is 1. The van der Waals surface area contributed by atoms with Crippen molar-refractivity contribution in [2.45, 2.75) is 125 Å². The Bertz CT molecular complexity index is 685. The summed E-state index contributed by atoms with van der Waals surface area (Å²) in [4.78, 5) is 11.7. The Balaban J connectivity index is 0.00000149. The molecule has 0 aliphatic heterocycles. The quantitative estimate of drug-likeness (QED) is 0.158. The van der Waals surface area contributed by atoms with Crippen LogP contribution in [0.3, 0.4) is 0 Å². The third-order valence-electron chi connectivity index (χ3n) is 10.2. The van der Waals surface area contributed by atoms with Crippen molar-refractivity contribution in [1.82, 2.24) is 0 Å². The minimum Gasteiger partial charge on any atom is -0.461 e. The van der Waals surface area contributed by atoms with E-state index in [0.29, 0.717) is 10.8 Å². The fourth-order valence-electron chi connectivity index (χ4n) is 8.47. The molecule has 0 amide bonds. The van der Waals surface area contributed by atoms with Crippen LogP contribution in [0.1, 0.15) is 119 Å². The maximum Gasteiger partial charge on any atom is 0.321 e. The van der Waals surface area contributed by atoms with Crippen LogP contribution in [0.2, 0.25) is 0 Å². The maximum absolute atomic E-state index is 11.7. The van der Waals surface area contributed by atoms with Crippen molar-refractivity contribution in [3.8, 4) is 0 Å². The van der Waals surface area contributed by atoms with E-state index in [4.69, 9.17) is 16.3 Å². The van der Waals surface area contributed by atoms with Crippen LogP contribution < -0.4 is 0 Å². The monoisotopic (exact) mass is 478 g/mol. The fraction of sp³-hybridized carbons (Fsp3) is 0.900. The van der Waals surface area contributed by atoms with Gasteiger partial charge in [0.15, 0.2) is 0 Å². The van der Waals surface area contributed by atoms with Gasteiger partial charge < -0.3 is 4.74 Å². The van der Waals surface area contributed by atoms with Crippen LogP contribution in [0.5, 0.6) is 0 Å². The van der Waals surface area contributed by atoms with Gasteiger partial charge in [-0.2, -0.15) is 0 Å². The molecule has 0 aromatic rings. The molecule has 4 aliphatic rings. The summed E-state index contributed by atoms with van der Waals surface area (Å²) in [5, 5.41) is 0. The third kappa shape index (κ3) is 5.52. The summed E-state index contributed by atoms with van der Waals surface area (Å²) >= 11 is 5.67. The first-order valence-corrected chi connectivity index (χ1v) is 14.8. The van der Waals surface area contributed by atoms with Gasteiger partial charge in [0.1, 0.15) is 12.0 Å². The maximum atomic E-state index is 11.7. The SMILES string of the molecule is CC.CC(C)CCCCC1CCC2C3CC=C4CC(OC(=O)CCl)CCC4(C)C3CCC12C. The van der Waals surface area contributed by atoms with Crippen molar-refractivity contribution < 1.29 is 9.53 Å². The topological polar surface area (TPSA) is 26.3 Å². The van der Waals surface area contributed by atoms with Gasteiger partial charge in [0, 0.05) is 6.42 Å². The number of fused-ring (bicyclic) bond motifs is 5. The van der Waals surface area contributed by atoms with Crippen molar-refractivity contribution in [2.75, 3.05) is 5.88 Å². The molecule has 7 unspecified atom stereocenters. The number of alkyl halides is 1. The highest BCUT2D eigenvalue weighted by Crippen LogP contribution is 2.66. The van der Waals surface area contributed by atoms with E-state index in [2.05, 4.69) is 33.8 Å². The Morgan fingerprint density at radius 1 is 1.09 bits per heavy atom. The van der Waals surface area contributed by atoms with E-state index in [1.165, 1.54) is 64.2 Å². The Morgan fingerprint density at radius 3 is 2.55 bits per heavy atom. The molecule has 190 valence electrons. The molecule has 33 heavy (non-hydrogen) atoms. The number of halogens is 1. The zero-order valence-corrected chi connectivity index (χ0v) is 23.2. The van der Waals surface area contributed by atoms with E-state index >= 15 is 0 Å². The van der Waals surface area contributed by atoms with E-state index in [1.54, 1.807) is 5.57 Å². The molecule has 0 saturated heterocycles. The molecule has 4 rings (SSSR count). The summed E-state index contributed by atoms with van der Waals surface area (Å²) < 4.78 is 5.62. The van der Waals surface area contributed by atoms with Gasteiger partial charge in [-0.25, -0.2) is 0 Å². The van der Waals surface area contributed by atoms with Crippen LogP contribution in [-0.4, -0.2) is 18.0 Å². The Morgan fingerprint density at radius 2 is 1.85 bits per heavy atom. The number of hydrogen-bond donors (Lipinski definition) is 0. The lowest BCUT2D eigenvalue weighted by atomic mass is 9.47. The number of unbranched alkanes of at least 4 members (excludes halogenated alkanes) is 1. The van der Waals surface area contributed by atoms with Gasteiger partial charge >= 0.3 is 5.97 Å². The van der Waals surface area contributed by atoms with Crippen LogP contribution in [0, 0.1) is 40.4 Å². The van der Waals surface area contributed by atoms with E-state index < -0.39 is 0 Å². The first-order valence-electron chi connectivity index (χ1n) is 14.2. The van der Waals surface area contributed by atoms with E-state index in [-0.39, 0.29) is 18.0 Å². The average molecular weight is 479 g/mol. The molecule has 4 aliphatic carbocycles. The summed E-state index contributed by atoms with van der Waals surface area (Å²) in [6.07, 6.45) is 18.4. The molecule has 7 atom stereocenters. The second-order valence-corrected chi connectivity index (χ2v) is 12.5. The predicted molar refractivity (Wildman–Crippen MR) is 140 cm³/mol. The molecule has 3 fully saturated rings. The van der Waals surface area contributed by atoms with Crippen LogP contribution in [0.15, 0.2) is 11.6 Å². The van der Waals surface area contributed by atoms with Gasteiger partial charge in [0.05, 0.1) is 0 Å². The summed E-state index contributed by atoms with van der Waals surface area (Å²) in [6, 6.07) is 0. The molecule has 0 radical (unpaired) electrons. The largest absolute Gasteiger partial charge is 0.461 e. The van der Waals surface area contributed by atoms with E-state index in [0.717, 1.165) is 42.4 Å². The number of carbonyl (C=O) groups is 1. The second-order valence-electron chi connectivity index (χ2n) is 12.2. The minimum absolute atomic E-state index is 0.0313. The fourth-order valence-corrected chi connectivity index (χ4v) is 8.53. The lowest BCUT2D eigenvalue weighted by molar-refractivity contribution is -0.148.